The zero-order valence-corrected chi connectivity index (χ0v) is 7.91. The maximum Gasteiger partial charge on any atom is 0.138 e. The molecule has 1 rings (SSSR count). The van der Waals surface area contributed by atoms with Crippen LogP contribution < -0.4 is 5.32 Å². The Morgan fingerprint density at radius 1 is 1.38 bits per heavy atom. The zero-order chi connectivity index (χ0) is 9.84. The molecule has 0 amide bonds. The summed E-state index contributed by atoms with van der Waals surface area (Å²) in [5.74, 6) is 0.321. The van der Waals surface area contributed by atoms with Gasteiger partial charge in [0.15, 0.2) is 0 Å². The van der Waals surface area contributed by atoms with Crippen LogP contribution in [-0.4, -0.2) is 16.3 Å². The highest BCUT2D eigenvalue weighted by Crippen LogP contribution is 2.27. The monoisotopic (exact) mass is 181 g/mol. The summed E-state index contributed by atoms with van der Waals surface area (Å²) in [5.41, 5.74) is 0.578. The molecule has 0 heterocycles. The van der Waals surface area contributed by atoms with E-state index in [1.165, 1.54) is 18.2 Å². The normalized spacial score (nSPS) is 12.5. The molecule has 3 nitrogen and oxygen atoms in total. The number of aromatic hydroxyl groups is 2. The Kier molecular flexibility index (Phi) is 3.01. The van der Waals surface area contributed by atoms with Crippen molar-refractivity contribution in [2.75, 3.05) is 5.32 Å². The average molecular weight is 181 g/mol. The highest BCUT2D eigenvalue weighted by Gasteiger charge is 2.04. The summed E-state index contributed by atoms with van der Waals surface area (Å²) >= 11 is 0. The van der Waals surface area contributed by atoms with Crippen LogP contribution in [-0.2, 0) is 0 Å². The van der Waals surface area contributed by atoms with Crippen molar-refractivity contribution in [3.8, 4) is 11.5 Å². The summed E-state index contributed by atoms with van der Waals surface area (Å²) in [6, 6.07) is 4.73. The van der Waals surface area contributed by atoms with E-state index in [1.807, 2.05) is 6.92 Å². The van der Waals surface area contributed by atoms with Gasteiger partial charge < -0.3 is 15.5 Å². The first kappa shape index (κ1) is 9.71. The Bertz CT molecular complexity index is 286. The summed E-state index contributed by atoms with van der Waals surface area (Å²) in [5, 5.41) is 21.7. The number of hydrogen-bond acceptors (Lipinski definition) is 3. The fourth-order valence-corrected chi connectivity index (χ4v) is 1.01. The Hall–Kier alpha value is -1.38. The topological polar surface area (TPSA) is 52.5 Å². The molecule has 0 fully saturated rings. The highest BCUT2D eigenvalue weighted by molar-refractivity contribution is 5.59. The van der Waals surface area contributed by atoms with E-state index >= 15 is 0 Å². The van der Waals surface area contributed by atoms with Gasteiger partial charge in [-0.15, -0.1) is 0 Å². The molecule has 72 valence electrons. The van der Waals surface area contributed by atoms with Gasteiger partial charge >= 0.3 is 0 Å². The molecule has 0 radical (unpaired) electrons. The van der Waals surface area contributed by atoms with E-state index in [-0.39, 0.29) is 17.5 Å². The molecule has 3 N–H and O–H groups in total. The van der Waals surface area contributed by atoms with Gasteiger partial charge in [-0.1, -0.05) is 6.92 Å². The molecule has 0 saturated heterocycles. The third-order valence-electron chi connectivity index (χ3n) is 1.99. The average Bonchev–Trinajstić information content (AvgIpc) is 2.11. The number of rotatable bonds is 3. The molecule has 13 heavy (non-hydrogen) atoms. The first-order valence-corrected chi connectivity index (χ1v) is 4.42. The predicted octanol–water partition coefficient (Wildman–Crippen LogP) is 2.31. The smallest absolute Gasteiger partial charge is 0.138 e. The lowest BCUT2D eigenvalue weighted by Gasteiger charge is -2.14. The maximum atomic E-state index is 9.41. The molecule has 0 aromatic heterocycles. The van der Waals surface area contributed by atoms with E-state index < -0.39 is 0 Å². The van der Waals surface area contributed by atoms with Gasteiger partial charge in [-0.05, 0) is 25.5 Å². The molecular weight excluding hydrogens is 166 g/mol. The van der Waals surface area contributed by atoms with Gasteiger partial charge in [-0.3, -0.25) is 0 Å². The molecule has 0 bridgehead atoms. The number of benzene rings is 1. The third-order valence-corrected chi connectivity index (χ3v) is 1.99. The second-order valence-electron chi connectivity index (χ2n) is 3.16. The van der Waals surface area contributed by atoms with E-state index in [0.29, 0.717) is 5.69 Å². The largest absolute Gasteiger partial charge is 0.508 e. The lowest BCUT2D eigenvalue weighted by molar-refractivity contribution is 0.461. The van der Waals surface area contributed by atoms with Crippen molar-refractivity contribution in [2.45, 2.75) is 26.3 Å². The van der Waals surface area contributed by atoms with Crippen LogP contribution >= 0.6 is 0 Å². The van der Waals surface area contributed by atoms with Crippen molar-refractivity contribution in [3.05, 3.63) is 18.2 Å². The van der Waals surface area contributed by atoms with Crippen LogP contribution in [0.3, 0.4) is 0 Å². The van der Waals surface area contributed by atoms with Crippen LogP contribution in [0.15, 0.2) is 18.2 Å². The molecule has 1 atom stereocenters. The van der Waals surface area contributed by atoms with Crippen LogP contribution in [0.4, 0.5) is 5.69 Å². The summed E-state index contributed by atoms with van der Waals surface area (Å²) in [6.45, 7) is 4.07. The van der Waals surface area contributed by atoms with Gasteiger partial charge in [-0.2, -0.15) is 0 Å². The molecular formula is C10H15NO2. The molecule has 0 aliphatic rings. The lowest BCUT2D eigenvalue weighted by Crippen LogP contribution is -2.13. The molecule has 0 saturated carbocycles. The van der Waals surface area contributed by atoms with Crippen LogP contribution in [0.2, 0.25) is 0 Å². The van der Waals surface area contributed by atoms with Crippen molar-refractivity contribution in [2.24, 2.45) is 0 Å². The minimum atomic E-state index is 0.156. The number of hydrogen-bond donors (Lipinski definition) is 3. The molecule has 0 spiro atoms. The van der Waals surface area contributed by atoms with Gasteiger partial charge in [0.25, 0.3) is 0 Å². The molecule has 1 aromatic rings. The molecule has 0 aliphatic carbocycles. The molecule has 1 unspecified atom stereocenters. The summed E-state index contributed by atoms with van der Waals surface area (Å²) < 4.78 is 0. The SMILES string of the molecule is CCC(C)Nc1cc(O)ccc1O. The van der Waals surface area contributed by atoms with Crippen molar-refractivity contribution in [3.63, 3.8) is 0 Å². The highest BCUT2D eigenvalue weighted by atomic mass is 16.3. The van der Waals surface area contributed by atoms with Crippen LogP contribution in [0.25, 0.3) is 0 Å². The van der Waals surface area contributed by atoms with E-state index in [9.17, 15) is 10.2 Å². The summed E-state index contributed by atoms with van der Waals surface area (Å²) in [4.78, 5) is 0. The number of nitrogens with one attached hydrogen (secondary N) is 1. The summed E-state index contributed by atoms with van der Waals surface area (Å²) in [6.07, 6.45) is 0.967. The maximum absolute atomic E-state index is 9.41. The van der Waals surface area contributed by atoms with E-state index in [1.54, 1.807) is 0 Å². The van der Waals surface area contributed by atoms with Crippen molar-refractivity contribution < 1.29 is 10.2 Å². The first-order chi connectivity index (χ1) is 6.13. The number of anilines is 1. The second kappa shape index (κ2) is 4.03. The Balaban J connectivity index is 2.81. The molecule has 1 aromatic carbocycles. The zero-order valence-electron chi connectivity index (χ0n) is 7.91. The number of phenolic OH excluding ortho intramolecular Hbond substituents is 2. The predicted molar refractivity (Wildman–Crippen MR) is 53.1 cm³/mol. The lowest BCUT2D eigenvalue weighted by atomic mass is 10.2. The Labute approximate surface area is 78.0 Å². The molecule has 3 heteroatoms. The number of phenols is 2. The minimum absolute atomic E-state index is 0.156. The fraction of sp³-hybridized carbons (Fsp3) is 0.400. The van der Waals surface area contributed by atoms with Gasteiger partial charge in [-0.25, -0.2) is 0 Å². The summed E-state index contributed by atoms with van der Waals surface area (Å²) in [7, 11) is 0. The van der Waals surface area contributed by atoms with Crippen LogP contribution in [0, 0.1) is 0 Å². The van der Waals surface area contributed by atoms with Crippen molar-refractivity contribution in [1.29, 1.82) is 0 Å². The first-order valence-electron chi connectivity index (χ1n) is 4.42. The van der Waals surface area contributed by atoms with Gasteiger partial charge in [0, 0.05) is 12.1 Å². The van der Waals surface area contributed by atoms with Gasteiger partial charge in [0.2, 0.25) is 0 Å². The Morgan fingerprint density at radius 3 is 2.69 bits per heavy atom. The van der Waals surface area contributed by atoms with Gasteiger partial charge in [0.05, 0.1) is 5.69 Å². The fourth-order valence-electron chi connectivity index (χ4n) is 1.01. The quantitative estimate of drug-likeness (QED) is 0.495. The van der Waals surface area contributed by atoms with Crippen LogP contribution in [0.1, 0.15) is 20.3 Å². The third kappa shape index (κ3) is 2.54. The molecule has 0 aliphatic heterocycles. The van der Waals surface area contributed by atoms with Crippen molar-refractivity contribution >= 4 is 5.69 Å². The standard InChI is InChI=1S/C10H15NO2/c1-3-7(2)11-9-6-8(12)4-5-10(9)13/h4-7,11-13H,3H2,1-2H3. The van der Waals surface area contributed by atoms with Gasteiger partial charge in [0.1, 0.15) is 11.5 Å². The van der Waals surface area contributed by atoms with E-state index in [4.69, 9.17) is 0 Å². The van der Waals surface area contributed by atoms with Crippen LogP contribution in [0.5, 0.6) is 11.5 Å². The van der Waals surface area contributed by atoms with E-state index in [0.717, 1.165) is 6.42 Å². The second-order valence-corrected chi connectivity index (χ2v) is 3.16. The van der Waals surface area contributed by atoms with E-state index in [2.05, 4.69) is 12.2 Å². The Morgan fingerprint density at radius 2 is 2.08 bits per heavy atom. The minimum Gasteiger partial charge on any atom is -0.508 e. The van der Waals surface area contributed by atoms with Crippen molar-refractivity contribution in [1.82, 2.24) is 0 Å².